The van der Waals surface area contributed by atoms with Crippen LogP contribution >= 0.6 is 0 Å². The van der Waals surface area contributed by atoms with E-state index in [0.29, 0.717) is 12.0 Å². The van der Waals surface area contributed by atoms with Gasteiger partial charge < -0.3 is 14.9 Å². The maximum atomic E-state index is 12.2. The predicted octanol–water partition coefficient (Wildman–Crippen LogP) is 0.443. The first-order valence-electron chi connectivity index (χ1n) is 7.16. The molecule has 2 N–H and O–H groups in total. The Morgan fingerprint density at radius 2 is 2.05 bits per heavy atom. The van der Waals surface area contributed by atoms with E-state index >= 15 is 0 Å². The highest BCUT2D eigenvalue weighted by Crippen LogP contribution is 2.50. The molecular formula is C15H20O5. The molecule has 20 heavy (non-hydrogen) atoms. The number of fused-ring (bicyclic) bond motifs is 3. The molecule has 0 aromatic heterocycles. The Hall–Kier alpha value is -1.20. The van der Waals surface area contributed by atoms with Crippen LogP contribution in [-0.2, 0) is 14.3 Å². The van der Waals surface area contributed by atoms with Crippen molar-refractivity contribution in [2.75, 3.05) is 6.61 Å². The smallest absolute Gasteiger partial charge is 0.338 e. The number of ketones is 1. The molecule has 0 spiro atoms. The fourth-order valence-electron chi connectivity index (χ4n) is 4.17. The van der Waals surface area contributed by atoms with Crippen molar-refractivity contribution in [3.8, 4) is 0 Å². The van der Waals surface area contributed by atoms with Gasteiger partial charge in [-0.15, -0.1) is 0 Å². The molecule has 6 atom stereocenters. The summed E-state index contributed by atoms with van der Waals surface area (Å²) in [6, 6.07) is 0. The van der Waals surface area contributed by atoms with Gasteiger partial charge in [-0.2, -0.15) is 0 Å². The number of allylic oxidation sites excluding steroid dienone is 1. The first-order valence-corrected chi connectivity index (χ1v) is 7.16. The normalized spacial score (nSPS) is 47.4. The number of carbonyl (C=O) groups excluding carboxylic acids is 2. The van der Waals surface area contributed by atoms with Crippen molar-refractivity contribution in [3.63, 3.8) is 0 Å². The number of hydrogen-bond donors (Lipinski definition) is 2. The van der Waals surface area contributed by atoms with E-state index in [1.54, 1.807) is 0 Å². The van der Waals surface area contributed by atoms with E-state index in [-0.39, 0.29) is 36.1 Å². The third kappa shape index (κ3) is 1.69. The first kappa shape index (κ1) is 13.8. The summed E-state index contributed by atoms with van der Waals surface area (Å²) in [4.78, 5) is 24.1. The second-order valence-corrected chi connectivity index (χ2v) is 6.51. The Kier molecular flexibility index (Phi) is 3.03. The van der Waals surface area contributed by atoms with Gasteiger partial charge in [-0.3, -0.25) is 4.79 Å². The van der Waals surface area contributed by atoms with Crippen LogP contribution in [0, 0.1) is 23.7 Å². The quantitative estimate of drug-likeness (QED) is 0.681. The zero-order valence-corrected chi connectivity index (χ0v) is 11.7. The molecule has 0 radical (unpaired) electrons. The van der Waals surface area contributed by atoms with Crippen molar-refractivity contribution in [2.45, 2.75) is 38.4 Å². The second-order valence-electron chi connectivity index (χ2n) is 6.51. The largest absolute Gasteiger partial charge is 0.459 e. The summed E-state index contributed by atoms with van der Waals surface area (Å²) in [6.45, 7) is 3.30. The van der Waals surface area contributed by atoms with Crippen molar-refractivity contribution in [3.05, 3.63) is 11.6 Å². The van der Waals surface area contributed by atoms with E-state index < -0.39 is 17.7 Å². The molecule has 1 heterocycles. The number of aliphatic hydroxyl groups excluding tert-OH is 1. The van der Waals surface area contributed by atoms with Crippen molar-refractivity contribution >= 4 is 11.8 Å². The van der Waals surface area contributed by atoms with E-state index in [1.165, 1.54) is 13.0 Å². The summed E-state index contributed by atoms with van der Waals surface area (Å²) in [7, 11) is 0. The van der Waals surface area contributed by atoms with Gasteiger partial charge in [-0.25, -0.2) is 4.79 Å². The highest BCUT2D eigenvalue weighted by Gasteiger charge is 2.60. The zero-order chi connectivity index (χ0) is 14.7. The fraction of sp³-hybridized carbons (Fsp3) is 0.733. The summed E-state index contributed by atoms with van der Waals surface area (Å²) in [6.07, 6.45) is 2.42. The minimum absolute atomic E-state index is 0.00907. The standard InChI is InChI=1S/C15H20O5/c1-7-3-4-9-13(20-14(18)15(9,2)19)12-8(6-16)5-10(17)11(7)12/h5,7,9,11-13,16,19H,3-4,6H2,1-2H3/t7-,9+,11+,12-,13+,15+/m0/s1. The molecule has 5 nitrogen and oxygen atoms in total. The maximum absolute atomic E-state index is 12.2. The van der Waals surface area contributed by atoms with Gasteiger partial charge in [0.05, 0.1) is 6.61 Å². The molecule has 2 fully saturated rings. The molecular weight excluding hydrogens is 260 g/mol. The van der Waals surface area contributed by atoms with Gasteiger partial charge in [0, 0.05) is 17.8 Å². The minimum Gasteiger partial charge on any atom is -0.459 e. The lowest BCUT2D eigenvalue weighted by Crippen LogP contribution is -2.40. The van der Waals surface area contributed by atoms with Crippen LogP contribution in [0.2, 0.25) is 0 Å². The minimum atomic E-state index is -1.49. The van der Waals surface area contributed by atoms with Crippen LogP contribution in [-0.4, -0.2) is 40.3 Å². The molecule has 3 aliphatic rings. The van der Waals surface area contributed by atoms with Crippen LogP contribution in [0.3, 0.4) is 0 Å². The predicted molar refractivity (Wildman–Crippen MR) is 69.5 cm³/mol. The van der Waals surface area contributed by atoms with Crippen LogP contribution in [0.25, 0.3) is 0 Å². The lowest BCUT2D eigenvalue weighted by molar-refractivity contribution is -0.155. The monoisotopic (exact) mass is 280 g/mol. The van der Waals surface area contributed by atoms with E-state index in [0.717, 1.165) is 6.42 Å². The third-order valence-corrected chi connectivity index (χ3v) is 5.33. The van der Waals surface area contributed by atoms with Gasteiger partial charge >= 0.3 is 5.97 Å². The van der Waals surface area contributed by atoms with Crippen LogP contribution < -0.4 is 0 Å². The number of carbonyl (C=O) groups is 2. The second kappa shape index (κ2) is 4.40. The molecule has 110 valence electrons. The maximum Gasteiger partial charge on any atom is 0.338 e. The van der Waals surface area contributed by atoms with Gasteiger partial charge in [0.2, 0.25) is 0 Å². The Bertz CT molecular complexity index is 492. The number of esters is 1. The average molecular weight is 280 g/mol. The van der Waals surface area contributed by atoms with E-state index in [2.05, 4.69) is 0 Å². The zero-order valence-electron chi connectivity index (χ0n) is 11.7. The molecule has 0 amide bonds. The van der Waals surface area contributed by atoms with Gasteiger partial charge in [0.1, 0.15) is 6.10 Å². The Labute approximate surface area is 117 Å². The Balaban J connectivity index is 2.04. The fourth-order valence-corrected chi connectivity index (χ4v) is 4.17. The third-order valence-electron chi connectivity index (χ3n) is 5.33. The average Bonchev–Trinajstić information content (AvgIpc) is 2.76. The lowest BCUT2D eigenvalue weighted by Gasteiger charge is -2.29. The Morgan fingerprint density at radius 1 is 1.35 bits per heavy atom. The lowest BCUT2D eigenvalue weighted by atomic mass is 9.76. The van der Waals surface area contributed by atoms with Gasteiger partial charge in [0.25, 0.3) is 0 Å². The van der Waals surface area contributed by atoms with E-state index in [9.17, 15) is 19.8 Å². The molecule has 0 bridgehead atoms. The highest BCUT2D eigenvalue weighted by atomic mass is 16.6. The number of aliphatic hydroxyl groups is 2. The van der Waals surface area contributed by atoms with Crippen molar-refractivity contribution in [1.29, 1.82) is 0 Å². The topological polar surface area (TPSA) is 83.8 Å². The summed E-state index contributed by atoms with van der Waals surface area (Å²) in [5.74, 6) is -1.28. The van der Waals surface area contributed by atoms with Gasteiger partial charge in [-0.05, 0) is 37.3 Å². The van der Waals surface area contributed by atoms with Gasteiger partial charge in [0.15, 0.2) is 11.4 Å². The summed E-state index contributed by atoms with van der Waals surface area (Å²) < 4.78 is 5.41. The Morgan fingerprint density at radius 3 is 2.70 bits per heavy atom. The van der Waals surface area contributed by atoms with Crippen molar-refractivity contribution in [1.82, 2.24) is 0 Å². The number of hydrogen-bond acceptors (Lipinski definition) is 5. The van der Waals surface area contributed by atoms with Crippen LogP contribution in [0.1, 0.15) is 26.7 Å². The molecule has 1 saturated heterocycles. The molecule has 3 rings (SSSR count). The van der Waals surface area contributed by atoms with Crippen LogP contribution in [0.5, 0.6) is 0 Å². The first-order chi connectivity index (χ1) is 9.37. The molecule has 0 aromatic rings. The van der Waals surface area contributed by atoms with E-state index in [4.69, 9.17) is 4.74 Å². The molecule has 0 aromatic carbocycles. The molecule has 5 heteroatoms. The van der Waals surface area contributed by atoms with E-state index in [1.807, 2.05) is 6.92 Å². The van der Waals surface area contributed by atoms with Crippen molar-refractivity contribution in [2.24, 2.45) is 23.7 Å². The van der Waals surface area contributed by atoms with Crippen LogP contribution in [0.15, 0.2) is 11.6 Å². The van der Waals surface area contributed by atoms with Crippen molar-refractivity contribution < 1.29 is 24.5 Å². The van der Waals surface area contributed by atoms with Gasteiger partial charge in [-0.1, -0.05) is 6.92 Å². The molecule has 1 aliphatic heterocycles. The summed E-state index contributed by atoms with van der Waals surface area (Å²) in [5, 5.41) is 19.9. The number of ether oxygens (including phenoxy) is 1. The molecule has 0 unspecified atom stereocenters. The molecule has 2 aliphatic carbocycles. The summed E-state index contributed by atoms with van der Waals surface area (Å²) >= 11 is 0. The SMILES string of the molecule is C[C@H]1CC[C@@H]2[C@@H](OC(=O)[C@]2(C)O)[C@H]2C(CO)=CC(=O)[C@H]21. The number of rotatable bonds is 1. The highest BCUT2D eigenvalue weighted by molar-refractivity contribution is 5.96. The van der Waals surface area contributed by atoms with Crippen LogP contribution in [0.4, 0.5) is 0 Å². The molecule has 1 saturated carbocycles. The summed E-state index contributed by atoms with van der Waals surface area (Å²) in [5.41, 5.74) is -0.861.